The second-order valence-electron chi connectivity index (χ2n) is 8.86. The molecular formula is C32H26N2O2S. The standard InChI is InChI=1S/C32H26N2O2S/c1-3-9-23(10-4-1)21-35-26-16-18-31-29(19-26)32(34-37-31)33-20-25-15-17-30(28-14-8-7-13-27(25)28)36-22-24-11-5-2-6-12-24/h1-19H,20-22H2,(H,33,34). The van der Waals surface area contributed by atoms with E-state index in [-0.39, 0.29) is 0 Å². The van der Waals surface area contributed by atoms with Crippen LogP contribution >= 0.6 is 11.5 Å². The summed E-state index contributed by atoms with van der Waals surface area (Å²) in [7, 11) is 0. The Bertz CT molecular complexity index is 1630. The lowest BCUT2D eigenvalue weighted by atomic mass is 10.0. The van der Waals surface area contributed by atoms with Crippen LogP contribution in [-0.2, 0) is 19.8 Å². The molecule has 0 unspecified atom stereocenters. The molecule has 5 heteroatoms. The molecule has 37 heavy (non-hydrogen) atoms. The van der Waals surface area contributed by atoms with Gasteiger partial charge in [-0.25, -0.2) is 0 Å². The fourth-order valence-corrected chi connectivity index (χ4v) is 5.14. The largest absolute Gasteiger partial charge is 0.489 e. The first-order valence-electron chi connectivity index (χ1n) is 12.3. The highest BCUT2D eigenvalue weighted by molar-refractivity contribution is 7.13. The molecule has 4 nitrogen and oxygen atoms in total. The van der Waals surface area contributed by atoms with Crippen molar-refractivity contribution in [3.8, 4) is 11.5 Å². The number of fused-ring (bicyclic) bond motifs is 2. The molecule has 0 fully saturated rings. The molecule has 0 atom stereocenters. The van der Waals surface area contributed by atoms with Gasteiger partial charge in [0.2, 0.25) is 0 Å². The van der Waals surface area contributed by atoms with E-state index in [0.29, 0.717) is 19.8 Å². The van der Waals surface area contributed by atoms with Crippen molar-refractivity contribution >= 4 is 38.2 Å². The minimum atomic E-state index is 0.539. The normalized spacial score (nSPS) is 11.0. The van der Waals surface area contributed by atoms with Crippen LogP contribution in [0.2, 0.25) is 0 Å². The van der Waals surface area contributed by atoms with E-state index in [4.69, 9.17) is 9.47 Å². The fraction of sp³-hybridized carbons (Fsp3) is 0.0938. The lowest BCUT2D eigenvalue weighted by Gasteiger charge is -2.13. The molecule has 1 heterocycles. The molecule has 0 saturated heterocycles. The minimum Gasteiger partial charge on any atom is -0.489 e. The number of benzene rings is 5. The van der Waals surface area contributed by atoms with E-state index in [2.05, 4.69) is 82.5 Å². The maximum atomic E-state index is 6.19. The average Bonchev–Trinajstić information content (AvgIpc) is 3.37. The van der Waals surface area contributed by atoms with Crippen LogP contribution in [0.1, 0.15) is 16.7 Å². The van der Waals surface area contributed by atoms with E-state index in [9.17, 15) is 0 Å². The summed E-state index contributed by atoms with van der Waals surface area (Å²) in [5.74, 6) is 2.60. The number of hydrogen-bond donors (Lipinski definition) is 1. The molecule has 1 N–H and O–H groups in total. The second-order valence-corrected chi connectivity index (χ2v) is 9.66. The Balaban J connectivity index is 1.19. The van der Waals surface area contributed by atoms with Crippen molar-refractivity contribution in [2.75, 3.05) is 5.32 Å². The van der Waals surface area contributed by atoms with Gasteiger partial charge in [-0.05, 0) is 57.9 Å². The number of aromatic nitrogens is 1. The molecule has 0 radical (unpaired) electrons. The highest BCUT2D eigenvalue weighted by Crippen LogP contribution is 2.33. The zero-order chi connectivity index (χ0) is 24.9. The van der Waals surface area contributed by atoms with Crippen LogP contribution in [0.3, 0.4) is 0 Å². The number of rotatable bonds is 9. The third-order valence-electron chi connectivity index (χ3n) is 6.35. The topological polar surface area (TPSA) is 43.4 Å². The van der Waals surface area contributed by atoms with Gasteiger partial charge in [0.05, 0.1) is 4.70 Å². The van der Waals surface area contributed by atoms with Gasteiger partial charge in [0.1, 0.15) is 30.5 Å². The molecule has 6 aromatic rings. The van der Waals surface area contributed by atoms with Crippen LogP contribution < -0.4 is 14.8 Å². The SMILES string of the molecule is c1ccc(COc2ccc3snc(NCc4ccc(OCc5ccccc5)c5ccccc45)c3c2)cc1. The van der Waals surface area contributed by atoms with Crippen LogP contribution in [0.5, 0.6) is 11.5 Å². The van der Waals surface area contributed by atoms with Crippen molar-refractivity contribution in [3.05, 3.63) is 132 Å². The molecule has 0 aliphatic carbocycles. The fourth-order valence-electron chi connectivity index (χ4n) is 4.40. The van der Waals surface area contributed by atoms with Gasteiger partial charge < -0.3 is 14.8 Å². The molecule has 6 rings (SSSR count). The van der Waals surface area contributed by atoms with Crippen molar-refractivity contribution in [3.63, 3.8) is 0 Å². The number of hydrogen-bond acceptors (Lipinski definition) is 5. The second kappa shape index (κ2) is 10.7. The molecule has 0 amide bonds. The highest BCUT2D eigenvalue weighted by atomic mass is 32.1. The van der Waals surface area contributed by atoms with Gasteiger partial charge in [-0.1, -0.05) is 91.0 Å². The number of nitrogens with one attached hydrogen (secondary N) is 1. The molecule has 0 aliphatic rings. The molecule has 5 aromatic carbocycles. The number of nitrogens with zero attached hydrogens (tertiary/aromatic N) is 1. The van der Waals surface area contributed by atoms with Crippen LogP contribution in [0.4, 0.5) is 5.82 Å². The predicted molar refractivity (Wildman–Crippen MR) is 152 cm³/mol. The van der Waals surface area contributed by atoms with Gasteiger partial charge in [0, 0.05) is 17.3 Å². The molecule has 0 saturated carbocycles. The summed E-state index contributed by atoms with van der Waals surface area (Å²) in [6.07, 6.45) is 0. The summed E-state index contributed by atoms with van der Waals surface area (Å²) in [6, 6.07) is 39.2. The summed E-state index contributed by atoms with van der Waals surface area (Å²) in [5.41, 5.74) is 3.49. The Morgan fingerprint density at radius 3 is 2.05 bits per heavy atom. The molecule has 1 aromatic heterocycles. The van der Waals surface area contributed by atoms with E-state index < -0.39 is 0 Å². The monoisotopic (exact) mass is 502 g/mol. The van der Waals surface area contributed by atoms with Crippen molar-refractivity contribution in [2.24, 2.45) is 0 Å². The lowest BCUT2D eigenvalue weighted by Crippen LogP contribution is -2.02. The van der Waals surface area contributed by atoms with Gasteiger partial charge in [-0.3, -0.25) is 0 Å². The first kappa shape index (κ1) is 23.1. The van der Waals surface area contributed by atoms with Crippen molar-refractivity contribution in [1.82, 2.24) is 4.37 Å². The van der Waals surface area contributed by atoms with Gasteiger partial charge in [-0.15, -0.1) is 0 Å². The van der Waals surface area contributed by atoms with E-state index in [1.807, 2.05) is 42.5 Å². The quantitative estimate of drug-likeness (QED) is 0.216. The Morgan fingerprint density at radius 2 is 1.30 bits per heavy atom. The van der Waals surface area contributed by atoms with E-state index >= 15 is 0 Å². The predicted octanol–water partition coefficient (Wildman–Crippen LogP) is 8.22. The Labute approximate surface area is 220 Å². The van der Waals surface area contributed by atoms with Crippen LogP contribution in [0, 0.1) is 0 Å². The van der Waals surface area contributed by atoms with Crippen LogP contribution in [-0.4, -0.2) is 4.37 Å². The molecular weight excluding hydrogens is 476 g/mol. The van der Waals surface area contributed by atoms with Crippen molar-refractivity contribution in [1.29, 1.82) is 0 Å². The summed E-state index contributed by atoms with van der Waals surface area (Å²) in [4.78, 5) is 0. The first-order chi connectivity index (χ1) is 18.3. The molecule has 0 bridgehead atoms. The molecule has 0 spiro atoms. The Morgan fingerprint density at radius 1 is 0.622 bits per heavy atom. The Hall–Kier alpha value is -4.35. The van der Waals surface area contributed by atoms with Crippen LogP contribution in [0.15, 0.2) is 115 Å². The van der Waals surface area contributed by atoms with Crippen molar-refractivity contribution in [2.45, 2.75) is 19.8 Å². The Kier molecular flexibility index (Phi) is 6.69. The zero-order valence-electron chi connectivity index (χ0n) is 20.3. The first-order valence-corrected chi connectivity index (χ1v) is 13.1. The lowest BCUT2D eigenvalue weighted by molar-refractivity contribution is 0.306. The van der Waals surface area contributed by atoms with Gasteiger partial charge in [-0.2, -0.15) is 4.37 Å². The number of ether oxygens (including phenoxy) is 2. The van der Waals surface area contributed by atoms with Crippen LogP contribution in [0.25, 0.3) is 20.9 Å². The van der Waals surface area contributed by atoms with Gasteiger partial charge >= 0.3 is 0 Å². The highest BCUT2D eigenvalue weighted by Gasteiger charge is 2.11. The average molecular weight is 503 g/mol. The third kappa shape index (κ3) is 5.27. The summed E-state index contributed by atoms with van der Waals surface area (Å²) in [6.45, 7) is 1.74. The summed E-state index contributed by atoms with van der Waals surface area (Å²) >= 11 is 1.49. The number of anilines is 1. The van der Waals surface area contributed by atoms with E-state index in [1.54, 1.807) is 0 Å². The van der Waals surface area contributed by atoms with Crippen molar-refractivity contribution < 1.29 is 9.47 Å². The maximum Gasteiger partial charge on any atom is 0.147 e. The smallest absolute Gasteiger partial charge is 0.147 e. The minimum absolute atomic E-state index is 0.539. The van der Waals surface area contributed by atoms with E-state index in [1.165, 1.54) is 22.5 Å². The zero-order valence-corrected chi connectivity index (χ0v) is 21.1. The van der Waals surface area contributed by atoms with Gasteiger partial charge in [0.25, 0.3) is 0 Å². The molecule has 182 valence electrons. The molecule has 0 aliphatic heterocycles. The summed E-state index contributed by atoms with van der Waals surface area (Å²) < 4.78 is 18.0. The maximum absolute atomic E-state index is 6.19. The van der Waals surface area contributed by atoms with E-state index in [0.717, 1.165) is 43.9 Å². The summed E-state index contributed by atoms with van der Waals surface area (Å²) in [5, 5.41) is 6.91. The van der Waals surface area contributed by atoms with Gasteiger partial charge in [0.15, 0.2) is 0 Å². The third-order valence-corrected chi connectivity index (χ3v) is 7.17.